The van der Waals surface area contributed by atoms with Crippen LogP contribution in [0.2, 0.25) is 0 Å². The SMILES string of the molecule is COc1ccc([C@@H](OC(C)=O)[C@H](C)ON2C(C)(C)CCCC2(C)C)cc1. The minimum Gasteiger partial charge on any atom is -0.497 e. The lowest BCUT2D eigenvalue weighted by molar-refractivity contribution is -0.314. The van der Waals surface area contributed by atoms with Crippen molar-refractivity contribution in [1.29, 1.82) is 0 Å². The van der Waals surface area contributed by atoms with Gasteiger partial charge in [0.2, 0.25) is 0 Å². The third-order valence-corrected chi connectivity index (χ3v) is 5.11. The molecule has 26 heavy (non-hydrogen) atoms. The van der Waals surface area contributed by atoms with Gasteiger partial charge in [0.25, 0.3) is 0 Å². The summed E-state index contributed by atoms with van der Waals surface area (Å²) >= 11 is 0. The number of benzene rings is 1. The number of hydroxylamine groups is 2. The van der Waals surface area contributed by atoms with Crippen molar-refractivity contribution in [3.05, 3.63) is 29.8 Å². The molecule has 0 radical (unpaired) electrons. The van der Waals surface area contributed by atoms with Crippen LogP contribution in [-0.2, 0) is 14.4 Å². The van der Waals surface area contributed by atoms with Crippen LogP contribution in [0.4, 0.5) is 0 Å². The van der Waals surface area contributed by atoms with Crippen molar-refractivity contribution in [3.8, 4) is 5.75 Å². The van der Waals surface area contributed by atoms with Crippen molar-refractivity contribution in [3.63, 3.8) is 0 Å². The van der Waals surface area contributed by atoms with E-state index in [2.05, 4.69) is 32.8 Å². The van der Waals surface area contributed by atoms with E-state index in [1.54, 1.807) is 7.11 Å². The van der Waals surface area contributed by atoms with Crippen LogP contribution in [0.5, 0.6) is 5.75 Å². The molecule has 2 atom stereocenters. The van der Waals surface area contributed by atoms with Gasteiger partial charge in [0.1, 0.15) is 11.9 Å². The zero-order chi connectivity index (χ0) is 19.5. The van der Waals surface area contributed by atoms with Crippen LogP contribution in [0, 0.1) is 0 Å². The van der Waals surface area contributed by atoms with Gasteiger partial charge in [-0.05, 0) is 71.6 Å². The van der Waals surface area contributed by atoms with E-state index in [0.717, 1.165) is 24.2 Å². The molecular formula is C21H33NO4. The molecule has 5 nitrogen and oxygen atoms in total. The molecule has 0 bridgehead atoms. The molecule has 2 rings (SSSR count). The van der Waals surface area contributed by atoms with E-state index in [-0.39, 0.29) is 23.2 Å². The molecule has 5 heteroatoms. The van der Waals surface area contributed by atoms with Crippen LogP contribution in [0.1, 0.15) is 72.5 Å². The summed E-state index contributed by atoms with van der Waals surface area (Å²) in [6, 6.07) is 7.57. The first-order valence-electron chi connectivity index (χ1n) is 9.35. The fourth-order valence-electron chi connectivity index (χ4n) is 3.89. The summed E-state index contributed by atoms with van der Waals surface area (Å²) in [4.78, 5) is 18.1. The summed E-state index contributed by atoms with van der Waals surface area (Å²) in [7, 11) is 1.63. The minimum absolute atomic E-state index is 0.0727. The van der Waals surface area contributed by atoms with E-state index in [4.69, 9.17) is 14.3 Å². The first-order valence-corrected chi connectivity index (χ1v) is 9.35. The Kier molecular flexibility index (Phi) is 6.35. The first kappa shape index (κ1) is 20.7. The van der Waals surface area contributed by atoms with Crippen molar-refractivity contribution in [2.75, 3.05) is 7.11 Å². The first-order chi connectivity index (χ1) is 12.1. The zero-order valence-corrected chi connectivity index (χ0v) is 17.2. The van der Waals surface area contributed by atoms with Crippen molar-refractivity contribution in [2.24, 2.45) is 0 Å². The van der Waals surface area contributed by atoms with Crippen LogP contribution in [0.3, 0.4) is 0 Å². The molecule has 0 N–H and O–H groups in total. The second-order valence-corrected chi connectivity index (χ2v) is 8.39. The van der Waals surface area contributed by atoms with Crippen LogP contribution in [0.25, 0.3) is 0 Å². The van der Waals surface area contributed by atoms with Gasteiger partial charge in [-0.15, -0.1) is 0 Å². The van der Waals surface area contributed by atoms with Gasteiger partial charge in [-0.1, -0.05) is 12.1 Å². The van der Waals surface area contributed by atoms with Gasteiger partial charge in [-0.25, -0.2) is 0 Å². The number of esters is 1. The fraction of sp³-hybridized carbons (Fsp3) is 0.667. The molecule has 146 valence electrons. The van der Waals surface area contributed by atoms with Crippen LogP contribution in [-0.4, -0.2) is 35.3 Å². The van der Waals surface area contributed by atoms with Crippen molar-refractivity contribution < 1.29 is 19.1 Å². The van der Waals surface area contributed by atoms with E-state index < -0.39 is 6.10 Å². The highest BCUT2D eigenvalue weighted by Gasteiger charge is 2.44. The molecule has 0 saturated carbocycles. The molecule has 0 aliphatic carbocycles. The Morgan fingerprint density at radius 3 is 2.08 bits per heavy atom. The number of nitrogens with zero attached hydrogens (tertiary/aromatic N) is 1. The maximum absolute atomic E-state index is 11.7. The van der Waals surface area contributed by atoms with Gasteiger partial charge in [-0.2, -0.15) is 5.06 Å². The Morgan fingerprint density at radius 1 is 1.08 bits per heavy atom. The number of carbonyl (C=O) groups excluding carboxylic acids is 1. The quantitative estimate of drug-likeness (QED) is 0.688. The van der Waals surface area contributed by atoms with Gasteiger partial charge in [0.15, 0.2) is 6.10 Å². The molecule has 0 amide bonds. The van der Waals surface area contributed by atoms with Gasteiger partial charge in [0, 0.05) is 18.0 Å². The van der Waals surface area contributed by atoms with Crippen LogP contribution in [0.15, 0.2) is 24.3 Å². The van der Waals surface area contributed by atoms with E-state index in [1.165, 1.54) is 13.3 Å². The number of ether oxygens (including phenoxy) is 2. The summed E-state index contributed by atoms with van der Waals surface area (Å²) in [6.07, 6.45) is 2.53. The highest BCUT2D eigenvalue weighted by Crippen LogP contribution is 2.40. The third kappa shape index (κ3) is 4.77. The number of hydrogen-bond donors (Lipinski definition) is 0. The molecule has 0 spiro atoms. The number of rotatable bonds is 6. The fourth-order valence-corrected chi connectivity index (χ4v) is 3.89. The summed E-state index contributed by atoms with van der Waals surface area (Å²) in [5, 5.41) is 2.11. The third-order valence-electron chi connectivity index (χ3n) is 5.11. The second kappa shape index (κ2) is 7.97. The van der Waals surface area contributed by atoms with Gasteiger partial charge in [0.05, 0.1) is 7.11 Å². The monoisotopic (exact) mass is 363 g/mol. The molecule has 1 aromatic carbocycles. The predicted octanol–water partition coefficient (Wildman–Crippen LogP) is 4.66. The average molecular weight is 363 g/mol. The Labute approximate surface area is 157 Å². The average Bonchev–Trinajstić information content (AvgIpc) is 2.55. The molecule has 1 heterocycles. The standard InChI is InChI=1S/C21H33NO4/c1-15(26-22-20(3,4)13-8-14-21(22,5)6)19(25-16(2)23)17-9-11-18(24-7)12-10-17/h9-12,15,19H,8,13-14H2,1-7H3/t15-,19-/m0/s1. The second-order valence-electron chi connectivity index (χ2n) is 8.39. The van der Waals surface area contributed by atoms with Crippen molar-refractivity contribution >= 4 is 5.97 Å². The molecular weight excluding hydrogens is 330 g/mol. The topological polar surface area (TPSA) is 48.0 Å². The normalized spacial score (nSPS) is 21.7. The number of hydrogen-bond acceptors (Lipinski definition) is 5. The molecule has 1 fully saturated rings. The molecule has 0 aromatic heterocycles. The van der Waals surface area contributed by atoms with E-state index in [1.807, 2.05) is 31.2 Å². The van der Waals surface area contributed by atoms with Crippen molar-refractivity contribution in [2.45, 2.75) is 84.1 Å². The van der Waals surface area contributed by atoms with Gasteiger partial charge >= 0.3 is 5.97 Å². The van der Waals surface area contributed by atoms with E-state index in [9.17, 15) is 4.79 Å². The highest BCUT2D eigenvalue weighted by atomic mass is 16.7. The van der Waals surface area contributed by atoms with Gasteiger partial charge in [-0.3, -0.25) is 9.63 Å². The smallest absolute Gasteiger partial charge is 0.303 e. The van der Waals surface area contributed by atoms with Crippen LogP contribution < -0.4 is 4.74 Å². The lowest BCUT2D eigenvalue weighted by Crippen LogP contribution is -2.59. The van der Waals surface area contributed by atoms with Gasteiger partial charge < -0.3 is 9.47 Å². The van der Waals surface area contributed by atoms with Crippen LogP contribution >= 0.6 is 0 Å². The maximum Gasteiger partial charge on any atom is 0.303 e. The Hall–Kier alpha value is -1.59. The Balaban J connectivity index is 2.25. The maximum atomic E-state index is 11.7. The van der Waals surface area contributed by atoms with E-state index >= 15 is 0 Å². The number of carbonyl (C=O) groups is 1. The minimum atomic E-state index is -0.480. The molecule has 1 saturated heterocycles. The molecule has 0 unspecified atom stereocenters. The molecule has 1 aliphatic heterocycles. The summed E-state index contributed by atoms with van der Waals surface area (Å²) in [5.41, 5.74) is 0.744. The molecule has 1 aliphatic rings. The summed E-state index contributed by atoms with van der Waals surface area (Å²) in [6.45, 7) is 12.2. The lowest BCUT2D eigenvalue weighted by Gasteiger charge is -2.52. The molecule has 1 aromatic rings. The Bertz CT molecular complexity index is 593. The zero-order valence-electron chi connectivity index (χ0n) is 17.2. The number of piperidine rings is 1. The highest BCUT2D eigenvalue weighted by molar-refractivity contribution is 5.66. The van der Waals surface area contributed by atoms with E-state index in [0.29, 0.717) is 0 Å². The predicted molar refractivity (Wildman–Crippen MR) is 102 cm³/mol. The van der Waals surface area contributed by atoms with Crippen molar-refractivity contribution in [1.82, 2.24) is 5.06 Å². The summed E-state index contributed by atoms with van der Waals surface area (Å²) < 4.78 is 10.8. The largest absolute Gasteiger partial charge is 0.497 e. The Morgan fingerprint density at radius 2 is 1.62 bits per heavy atom. The number of methoxy groups -OCH3 is 1. The summed E-state index contributed by atoms with van der Waals surface area (Å²) in [5.74, 6) is 0.445. The lowest BCUT2D eigenvalue weighted by atomic mass is 9.82.